The summed E-state index contributed by atoms with van der Waals surface area (Å²) in [4.78, 5) is 13.5. The quantitative estimate of drug-likeness (QED) is 0.297. The van der Waals surface area contributed by atoms with Gasteiger partial charge in [-0.2, -0.15) is 0 Å². The summed E-state index contributed by atoms with van der Waals surface area (Å²) in [5.41, 5.74) is 2.21. The van der Waals surface area contributed by atoms with E-state index in [1.165, 1.54) is 0 Å². The van der Waals surface area contributed by atoms with Crippen LogP contribution < -0.4 is 0 Å². The maximum atomic E-state index is 13.2. The maximum absolute atomic E-state index is 13.2. The number of fused-ring (bicyclic) bond motifs is 1. The number of rotatable bonds is 3. The third-order valence-electron chi connectivity index (χ3n) is 4.14. The number of hydrogen-bond acceptors (Lipinski definition) is 2. The van der Waals surface area contributed by atoms with E-state index in [-0.39, 0.29) is 5.78 Å². The molecule has 3 aromatic carbocycles. The third kappa shape index (κ3) is 2.82. The second-order valence-corrected chi connectivity index (χ2v) is 7.97. The number of carbonyl (C=O) groups excluding carboxylic acids is 1. The highest BCUT2D eigenvalue weighted by Crippen LogP contribution is 2.44. The molecule has 4 aromatic rings. The van der Waals surface area contributed by atoms with E-state index in [1.54, 1.807) is 12.1 Å². The van der Waals surface area contributed by atoms with E-state index in [9.17, 15) is 9.35 Å². The van der Waals surface area contributed by atoms with Crippen LogP contribution in [0.2, 0.25) is 0 Å². The summed E-state index contributed by atoms with van der Waals surface area (Å²) in [7, 11) is -1.48. The summed E-state index contributed by atoms with van der Waals surface area (Å²) in [5.74, 6) is -0.194. The van der Waals surface area contributed by atoms with E-state index in [2.05, 4.69) is 15.9 Å². The first-order chi connectivity index (χ1) is 12.2. The lowest BCUT2D eigenvalue weighted by Crippen LogP contribution is -2.01. The van der Waals surface area contributed by atoms with E-state index in [1.807, 2.05) is 66.7 Å². The Morgan fingerprint density at radius 2 is 1.48 bits per heavy atom. The lowest BCUT2D eigenvalue weighted by atomic mass is 9.98. The highest BCUT2D eigenvalue weighted by Gasteiger charge is 2.29. The second kappa shape index (κ2) is 6.56. The van der Waals surface area contributed by atoms with Crippen LogP contribution in [0, 0.1) is 0 Å². The molecule has 1 heterocycles. The van der Waals surface area contributed by atoms with Crippen molar-refractivity contribution in [2.75, 3.05) is 0 Å². The molecule has 0 spiro atoms. The first kappa shape index (κ1) is 16.2. The van der Waals surface area contributed by atoms with Gasteiger partial charge in [-0.3, -0.25) is 4.79 Å². The van der Waals surface area contributed by atoms with Crippen molar-refractivity contribution < 1.29 is 9.35 Å². The summed E-state index contributed by atoms with van der Waals surface area (Å²) in [6.07, 6.45) is 0. The predicted octanol–water partition coefficient (Wildman–Crippen LogP) is 6.23. The smallest absolute Gasteiger partial charge is 0.245 e. The molecule has 4 rings (SSSR count). The van der Waals surface area contributed by atoms with Crippen molar-refractivity contribution in [2.24, 2.45) is 0 Å². The molecule has 0 radical (unpaired) electrons. The molecule has 0 aliphatic heterocycles. The first-order valence-electron chi connectivity index (χ1n) is 7.78. The Labute approximate surface area is 156 Å². The Bertz CT molecular complexity index is 1070. The Hall–Kier alpha value is -2.27. The molecule has 0 aliphatic carbocycles. The molecule has 2 nitrogen and oxygen atoms in total. The number of thiophene rings is 1. The monoisotopic (exact) mass is 408 g/mol. The molecule has 0 amide bonds. The Morgan fingerprint density at radius 1 is 0.840 bits per heavy atom. The van der Waals surface area contributed by atoms with Gasteiger partial charge >= 0.3 is 0 Å². The van der Waals surface area contributed by atoms with Gasteiger partial charge in [0.05, 0.1) is 5.56 Å². The highest BCUT2D eigenvalue weighted by molar-refractivity contribution is 9.10. The molecule has 0 aliphatic rings. The van der Waals surface area contributed by atoms with E-state index in [0.717, 1.165) is 21.0 Å². The molecule has 1 aromatic heterocycles. The van der Waals surface area contributed by atoms with Crippen LogP contribution in [-0.2, 0) is 0 Å². The molecule has 0 saturated carbocycles. The molecule has 0 N–H and O–H groups in total. The topological polar surface area (TPSA) is 40.1 Å². The van der Waals surface area contributed by atoms with Gasteiger partial charge in [-0.1, -0.05) is 58.4 Å². The van der Waals surface area contributed by atoms with Crippen molar-refractivity contribution >= 4 is 42.6 Å². The van der Waals surface area contributed by atoms with Crippen LogP contribution in [0.3, 0.4) is 0 Å². The van der Waals surface area contributed by atoms with Crippen LogP contribution in [0.25, 0.3) is 21.2 Å². The summed E-state index contributed by atoms with van der Waals surface area (Å²) in [6.45, 7) is 0. The van der Waals surface area contributed by atoms with Crippen LogP contribution in [0.1, 0.15) is 15.2 Å². The standard InChI is InChI=1S/C21H13BrO2S/c22-16-12-10-15(11-13-16)20(23)21-19(14-6-2-1-3-7-14)17-8-4-5-9-18(17)25(21)24/h1-13H. The zero-order chi connectivity index (χ0) is 17.4. The zero-order valence-corrected chi connectivity index (χ0v) is 15.5. The fourth-order valence-corrected chi connectivity index (χ4v) is 4.74. The van der Waals surface area contributed by atoms with Crippen LogP contribution >= 0.6 is 26.7 Å². The van der Waals surface area contributed by atoms with Gasteiger partial charge in [0, 0.05) is 15.4 Å². The molecular formula is C21H13BrO2S. The van der Waals surface area contributed by atoms with Gasteiger partial charge in [0.25, 0.3) is 0 Å². The second-order valence-electron chi connectivity index (χ2n) is 5.67. The van der Waals surface area contributed by atoms with Gasteiger partial charge in [0.1, 0.15) is 0 Å². The summed E-state index contributed by atoms with van der Waals surface area (Å²) in [6, 6.07) is 24.3. The molecule has 0 fully saturated rings. The van der Waals surface area contributed by atoms with Gasteiger partial charge < -0.3 is 4.55 Å². The van der Waals surface area contributed by atoms with E-state index >= 15 is 0 Å². The fraction of sp³-hybridized carbons (Fsp3) is 0. The molecule has 25 heavy (non-hydrogen) atoms. The van der Waals surface area contributed by atoms with Crippen molar-refractivity contribution in [2.45, 2.75) is 0 Å². The summed E-state index contributed by atoms with van der Waals surface area (Å²) >= 11 is 3.38. The largest absolute Gasteiger partial charge is 0.590 e. The number of carbonyl (C=O) groups is 1. The van der Waals surface area contributed by atoms with E-state index < -0.39 is 10.8 Å². The number of ketones is 1. The minimum Gasteiger partial charge on any atom is -0.590 e. The number of benzene rings is 3. The normalized spacial score (nSPS) is 11.7. The van der Waals surface area contributed by atoms with Crippen LogP contribution in [0.15, 0.2) is 83.3 Å². The van der Waals surface area contributed by atoms with Crippen molar-refractivity contribution in [3.63, 3.8) is 0 Å². The Morgan fingerprint density at radius 3 is 2.20 bits per heavy atom. The van der Waals surface area contributed by atoms with E-state index in [0.29, 0.717) is 15.1 Å². The highest BCUT2D eigenvalue weighted by atomic mass is 79.9. The Kier molecular flexibility index (Phi) is 4.25. The average molecular weight is 409 g/mol. The van der Waals surface area contributed by atoms with Gasteiger partial charge in [0.2, 0.25) is 10.7 Å². The summed E-state index contributed by atoms with van der Waals surface area (Å²) < 4.78 is 14.7. The molecule has 0 bridgehead atoms. The first-order valence-corrected chi connectivity index (χ1v) is 9.72. The van der Waals surface area contributed by atoms with Crippen LogP contribution in [0.4, 0.5) is 0 Å². The summed E-state index contributed by atoms with van der Waals surface area (Å²) in [5, 5.41) is 0.868. The Balaban J connectivity index is 2.01. The van der Waals surface area contributed by atoms with E-state index in [4.69, 9.17) is 0 Å². The number of halogens is 1. The predicted molar refractivity (Wildman–Crippen MR) is 106 cm³/mol. The lowest BCUT2D eigenvalue weighted by molar-refractivity contribution is 0.104. The van der Waals surface area contributed by atoms with Crippen molar-refractivity contribution in [3.8, 4) is 11.1 Å². The molecule has 4 heteroatoms. The molecular weight excluding hydrogens is 396 g/mol. The van der Waals surface area contributed by atoms with Gasteiger partial charge in [-0.05, 0) is 52.7 Å². The zero-order valence-electron chi connectivity index (χ0n) is 13.1. The molecule has 1 atom stereocenters. The lowest BCUT2D eigenvalue weighted by Gasteiger charge is -2.04. The fourth-order valence-electron chi connectivity index (χ4n) is 2.98. The van der Waals surface area contributed by atoms with Crippen LogP contribution in [0.5, 0.6) is 0 Å². The van der Waals surface area contributed by atoms with Crippen LogP contribution in [-0.4, -0.2) is 10.3 Å². The molecule has 122 valence electrons. The average Bonchev–Trinajstić information content (AvgIpc) is 2.95. The number of hydrogen-bond donors (Lipinski definition) is 0. The van der Waals surface area contributed by atoms with Gasteiger partial charge in [-0.15, -0.1) is 0 Å². The van der Waals surface area contributed by atoms with Gasteiger partial charge in [0.15, 0.2) is 4.70 Å². The minimum atomic E-state index is -1.48. The molecule has 1 unspecified atom stereocenters. The third-order valence-corrected chi connectivity index (χ3v) is 6.19. The molecule has 0 saturated heterocycles. The van der Waals surface area contributed by atoms with Crippen molar-refractivity contribution in [3.05, 3.63) is 93.8 Å². The van der Waals surface area contributed by atoms with Crippen molar-refractivity contribution in [1.29, 1.82) is 0 Å². The SMILES string of the molecule is O=C(c1ccc(Br)cc1)c1c(-c2ccccc2)c2ccccc2[s+]1[O-]. The maximum Gasteiger partial charge on any atom is 0.245 e. The van der Waals surface area contributed by atoms with Crippen molar-refractivity contribution in [1.82, 2.24) is 0 Å². The minimum absolute atomic E-state index is 0.194. The van der Waals surface area contributed by atoms with Gasteiger partial charge in [-0.25, -0.2) is 0 Å².